The van der Waals surface area contributed by atoms with E-state index in [9.17, 15) is 27.0 Å². The topological polar surface area (TPSA) is 123 Å². The zero-order valence-corrected chi connectivity index (χ0v) is 22.9. The lowest BCUT2D eigenvalue weighted by molar-refractivity contribution is -0.274. The summed E-state index contributed by atoms with van der Waals surface area (Å²) in [6, 6.07) is 5.48. The van der Waals surface area contributed by atoms with Crippen molar-refractivity contribution in [3.63, 3.8) is 0 Å². The molecule has 0 radical (unpaired) electrons. The molecule has 2 atom stereocenters. The van der Waals surface area contributed by atoms with E-state index in [4.69, 9.17) is 0 Å². The molecule has 0 aliphatic rings. The number of alkyl halides is 3. The molecule has 2 aromatic heterocycles. The van der Waals surface area contributed by atoms with Gasteiger partial charge in [0.2, 0.25) is 5.95 Å². The van der Waals surface area contributed by atoms with Crippen molar-refractivity contribution in [1.82, 2.24) is 30.0 Å². The highest BCUT2D eigenvalue weighted by Crippen LogP contribution is 2.27. The molecular formula is C24H28F3N7O4S. The summed E-state index contributed by atoms with van der Waals surface area (Å²) in [5.41, 5.74) is 0.192. The number of benzene rings is 1. The van der Waals surface area contributed by atoms with E-state index in [1.54, 1.807) is 45.1 Å². The van der Waals surface area contributed by atoms with Crippen molar-refractivity contribution < 1.29 is 31.7 Å². The number of halogens is 3. The van der Waals surface area contributed by atoms with Crippen molar-refractivity contribution in [3.05, 3.63) is 53.5 Å². The van der Waals surface area contributed by atoms with Crippen molar-refractivity contribution in [2.24, 2.45) is 0 Å². The van der Waals surface area contributed by atoms with E-state index in [0.29, 0.717) is 23.9 Å². The van der Waals surface area contributed by atoms with Crippen molar-refractivity contribution in [1.29, 1.82) is 0 Å². The van der Waals surface area contributed by atoms with Crippen molar-refractivity contribution >= 4 is 28.6 Å². The molecule has 0 aliphatic heterocycles. The SMILES string of the molecule is CCN(C)C(=O)c1ccc(-n2nc(N(C)C)nc2[C@H](C)NC(=O)c2cc(OC(F)(F)F)cc(S(C)=O)c2)nc1. The van der Waals surface area contributed by atoms with Crippen LogP contribution >= 0.6 is 0 Å². The second kappa shape index (κ2) is 11.8. The lowest BCUT2D eigenvalue weighted by Gasteiger charge is -2.16. The predicted octanol–water partition coefficient (Wildman–Crippen LogP) is 2.95. The highest BCUT2D eigenvalue weighted by molar-refractivity contribution is 7.84. The molecule has 3 aromatic rings. The van der Waals surface area contributed by atoms with Crippen LogP contribution in [0.4, 0.5) is 19.1 Å². The number of carbonyl (C=O) groups is 2. The van der Waals surface area contributed by atoms with Gasteiger partial charge in [0.15, 0.2) is 11.6 Å². The van der Waals surface area contributed by atoms with E-state index >= 15 is 0 Å². The smallest absolute Gasteiger partial charge is 0.406 e. The van der Waals surface area contributed by atoms with Gasteiger partial charge >= 0.3 is 6.36 Å². The average Bonchev–Trinajstić information content (AvgIpc) is 3.33. The number of nitrogens with one attached hydrogen (secondary N) is 1. The molecule has 0 spiro atoms. The van der Waals surface area contributed by atoms with Crippen molar-refractivity contribution in [3.8, 4) is 11.6 Å². The first-order valence-corrected chi connectivity index (χ1v) is 13.2. The molecule has 0 saturated carbocycles. The van der Waals surface area contributed by atoms with Gasteiger partial charge in [0.1, 0.15) is 5.75 Å². The standard InChI is InChI=1S/C24H28F3N7O4S/c1-7-33(5)22(36)15-8-9-19(28-13-15)34-20(30-23(31-34)32(3)4)14(2)29-21(35)16-10-17(38-24(25,26)27)12-18(11-16)39(6)37/h8-14H,7H2,1-6H3,(H,29,35)/t14-,39?/m0/s1. The molecule has 0 aliphatic carbocycles. The van der Waals surface area contributed by atoms with E-state index in [0.717, 1.165) is 12.1 Å². The van der Waals surface area contributed by atoms with Gasteiger partial charge < -0.3 is 19.9 Å². The minimum absolute atomic E-state index is 0.0137. The number of amides is 2. The van der Waals surface area contributed by atoms with Crippen LogP contribution < -0.4 is 15.0 Å². The van der Waals surface area contributed by atoms with Gasteiger partial charge in [-0.1, -0.05) is 0 Å². The Hall–Kier alpha value is -4.01. The Morgan fingerprint density at radius 1 is 1.15 bits per heavy atom. The van der Waals surface area contributed by atoms with Crippen LogP contribution in [-0.4, -0.2) is 81.0 Å². The van der Waals surface area contributed by atoms with Gasteiger partial charge in [-0.15, -0.1) is 18.3 Å². The molecule has 1 unspecified atom stereocenters. The van der Waals surface area contributed by atoms with Crippen LogP contribution in [0.15, 0.2) is 41.4 Å². The molecular weight excluding hydrogens is 539 g/mol. The summed E-state index contributed by atoms with van der Waals surface area (Å²) in [7, 11) is 3.44. The maximum Gasteiger partial charge on any atom is 0.573 e. The third-order valence-corrected chi connectivity index (χ3v) is 6.40. The monoisotopic (exact) mass is 567 g/mol. The number of ether oxygens (including phenoxy) is 1. The number of pyridine rings is 1. The normalized spacial score (nSPS) is 12.9. The molecule has 3 rings (SSSR count). The van der Waals surface area contributed by atoms with E-state index in [-0.39, 0.29) is 22.2 Å². The van der Waals surface area contributed by atoms with Gasteiger partial charge in [0, 0.05) is 61.4 Å². The van der Waals surface area contributed by atoms with E-state index < -0.39 is 34.9 Å². The van der Waals surface area contributed by atoms with Gasteiger partial charge in [-0.3, -0.25) is 13.8 Å². The Kier molecular flexibility index (Phi) is 8.94. The first kappa shape index (κ1) is 29.5. The molecule has 15 heteroatoms. The van der Waals surface area contributed by atoms with Gasteiger partial charge in [0.25, 0.3) is 11.8 Å². The Balaban J connectivity index is 1.93. The highest BCUT2D eigenvalue weighted by atomic mass is 32.2. The van der Waals surface area contributed by atoms with Crippen LogP contribution in [0.5, 0.6) is 5.75 Å². The van der Waals surface area contributed by atoms with Gasteiger partial charge in [-0.25, -0.2) is 4.98 Å². The van der Waals surface area contributed by atoms with Crippen LogP contribution in [0.3, 0.4) is 0 Å². The van der Waals surface area contributed by atoms with Gasteiger partial charge in [0.05, 0.1) is 11.6 Å². The highest BCUT2D eigenvalue weighted by Gasteiger charge is 2.32. The number of carbonyl (C=O) groups excluding carboxylic acids is 2. The number of aromatic nitrogens is 4. The minimum Gasteiger partial charge on any atom is -0.406 e. The summed E-state index contributed by atoms with van der Waals surface area (Å²) in [5.74, 6) is -0.715. The zero-order chi connectivity index (χ0) is 29.1. The van der Waals surface area contributed by atoms with Crippen LogP contribution in [-0.2, 0) is 10.8 Å². The van der Waals surface area contributed by atoms with Crippen molar-refractivity contribution in [2.45, 2.75) is 31.1 Å². The molecule has 1 N–H and O–H groups in total. The second-order valence-electron chi connectivity index (χ2n) is 8.69. The number of hydrogen-bond acceptors (Lipinski definition) is 8. The lowest BCUT2D eigenvalue weighted by Crippen LogP contribution is -2.29. The average molecular weight is 568 g/mol. The number of rotatable bonds is 9. The fraction of sp³-hybridized carbons (Fsp3) is 0.375. The lowest BCUT2D eigenvalue weighted by atomic mass is 10.2. The van der Waals surface area contributed by atoms with Crippen LogP contribution in [0.1, 0.15) is 46.4 Å². The molecule has 39 heavy (non-hydrogen) atoms. The van der Waals surface area contributed by atoms with E-state index in [1.165, 1.54) is 28.1 Å². The number of anilines is 1. The number of hydrogen-bond donors (Lipinski definition) is 1. The molecule has 210 valence electrons. The van der Waals surface area contributed by atoms with Crippen LogP contribution in [0, 0.1) is 0 Å². The molecule has 0 saturated heterocycles. The van der Waals surface area contributed by atoms with E-state index in [1.807, 2.05) is 6.92 Å². The fourth-order valence-corrected chi connectivity index (χ4v) is 3.93. The Bertz CT molecular complexity index is 1380. The molecule has 1 aromatic carbocycles. The largest absolute Gasteiger partial charge is 0.573 e. The zero-order valence-electron chi connectivity index (χ0n) is 22.1. The molecule has 11 nitrogen and oxygen atoms in total. The summed E-state index contributed by atoms with van der Waals surface area (Å²) >= 11 is 0. The fourth-order valence-electron chi connectivity index (χ4n) is 3.36. The summed E-state index contributed by atoms with van der Waals surface area (Å²) in [6.45, 7) is 3.99. The summed E-state index contributed by atoms with van der Waals surface area (Å²) in [4.78, 5) is 37.4. The molecule has 2 heterocycles. The maximum absolute atomic E-state index is 13.0. The van der Waals surface area contributed by atoms with Crippen molar-refractivity contribution in [2.75, 3.05) is 38.8 Å². The quantitative estimate of drug-likeness (QED) is 0.419. The second-order valence-corrected chi connectivity index (χ2v) is 10.1. The first-order chi connectivity index (χ1) is 18.2. The number of nitrogens with zero attached hydrogens (tertiary/aromatic N) is 6. The van der Waals surface area contributed by atoms with E-state index in [2.05, 4.69) is 25.1 Å². The summed E-state index contributed by atoms with van der Waals surface area (Å²) < 4.78 is 55.7. The Morgan fingerprint density at radius 2 is 1.85 bits per heavy atom. The first-order valence-electron chi connectivity index (χ1n) is 11.6. The Labute approximate surface area is 225 Å². The molecule has 0 fully saturated rings. The van der Waals surface area contributed by atoms with Crippen LogP contribution in [0.2, 0.25) is 0 Å². The van der Waals surface area contributed by atoms with Gasteiger partial charge in [-0.05, 0) is 44.2 Å². The summed E-state index contributed by atoms with van der Waals surface area (Å²) in [5, 5.41) is 7.11. The predicted molar refractivity (Wildman–Crippen MR) is 137 cm³/mol. The van der Waals surface area contributed by atoms with Crippen LogP contribution in [0.25, 0.3) is 5.82 Å². The Morgan fingerprint density at radius 3 is 2.38 bits per heavy atom. The molecule has 2 amide bonds. The third-order valence-electron chi connectivity index (χ3n) is 5.50. The third kappa shape index (κ3) is 7.31. The minimum atomic E-state index is -4.99. The maximum atomic E-state index is 13.0. The summed E-state index contributed by atoms with van der Waals surface area (Å²) in [6.07, 6.45) is -2.31. The van der Waals surface area contributed by atoms with Gasteiger partial charge in [-0.2, -0.15) is 9.67 Å². The molecule has 0 bridgehead atoms.